The van der Waals surface area contributed by atoms with Crippen molar-refractivity contribution in [1.82, 2.24) is 4.90 Å². The van der Waals surface area contributed by atoms with E-state index in [1.807, 2.05) is 6.07 Å². The molecule has 1 unspecified atom stereocenters. The first-order valence-corrected chi connectivity index (χ1v) is 8.11. The van der Waals surface area contributed by atoms with Crippen LogP contribution in [0.3, 0.4) is 0 Å². The minimum absolute atomic E-state index is 0.192. The quantitative estimate of drug-likeness (QED) is 0.844. The topological polar surface area (TPSA) is 23.5 Å². The van der Waals surface area contributed by atoms with Gasteiger partial charge in [-0.25, -0.2) is 0 Å². The van der Waals surface area contributed by atoms with Crippen LogP contribution in [0.15, 0.2) is 18.2 Å². The van der Waals surface area contributed by atoms with Crippen molar-refractivity contribution in [3.8, 4) is 5.75 Å². The molecule has 3 heteroatoms. The highest BCUT2D eigenvalue weighted by Crippen LogP contribution is 2.35. The van der Waals surface area contributed by atoms with E-state index in [1.54, 1.807) is 12.1 Å². The summed E-state index contributed by atoms with van der Waals surface area (Å²) >= 11 is 6.06. The Labute approximate surface area is 127 Å². The fourth-order valence-electron chi connectivity index (χ4n) is 3.36. The number of halogens is 1. The molecule has 2 rings (SSSR count). The van der Waals surface area contributed by atoms with Crippen molar-refractivity contribution in [3.05, 3.63) is 28.8 Å². The van der Waals surface area contributed by atoms with Crippen molar-refractivity contribution in [1.29, 1.82) is 0 Å². The first-order chi connectivity index (χ1) is 9.52. The molecule has 1 aliphatic rings. The number of hydrogen-bond donors (Lipinski definition) is 1. The van der Waals surface area contributed by atoms with E-state index in [4.69, 9.17) is 11.6 Å². The van der Waals surface area contributed by atoms with E-state index in [0.29, 0.717) is 16.8 Å². The van der Waals surface area contributed by atoms with E-state index >= 15 is 0 Å². The van der Waals surface area contributed by atoms with E-state index < -0.39 is 0 Å². The predicted octanol–water partition coefficient (Wildman–Crippen LogP) is 5.01. The molecule has 0 heterocycles. The first kappa shape index (κ1) is 15.7. The largest absolute Gasteiger partial charge is 0.508 e. The number of phenols is 1. The van der Waals surface area contributed by atoms with Crippen LogP contribution in [-0.2, 0) is 0 Å². The molecule has 0 spiro atoms. The summed E-state index contributed by atoms with van der Waals surface area (Å²) in [5, 5.41) is 10.7. The van der Waals surface area contributed by atoms with Crippen LogP contribution >= 0.6 is 11.6 Å². The van der Waals surface area contributed by atoms with Crippen molar-refractivity contribution in [2.24, 2.45) is 5.92 Å². The summed E-state index contributed by atoms with van der Waals surface area (Å²) < 4.78 is 0. The molecule has 0 aromatic heterocycles. The van der Waals surface area contributed by atoms with Gasteiger partial charge < -0.3 is 5.11 Å². The molecule has 1 aromatic rings. The number of phenolic OH excluding ortho intramolecular Hbond substituents is 1. The van der Waals surface area contributed by atoms with Gasteiger partial charge in [-0.05, 0) is 63.8 Å². The standard InChI is InChI=1S/C17H26ClNO/c1-4-13-5-8-15(9-6-13)19(3)12(2)16-11-14(18)7-10-17(16)20/h7,10-13,15,20H,4-6,8-9H2,1-3H3. The van der Waals surface area contributed by atoms with Gasteiger partial charge in [0.2, 0.25) is 0 Å². The van der Waals surface area contributed by atoms with Gasteiger partial charge >= 0.3 is 0 Å². The lowest BCUT2D eigenvalue weighted by atomic mass is 9.83. The number of hydrogen-bond acceptors (Lipinski definition) is 2. The van der Waals surface area contributed by atoms with E-state index in [-0.39, 0.29) is 6.04 Å². The first-order valence-electron chi connectivity index (χ1n) is 7.73. The van der Waals surface area contributed by atoms with Crippen molar-refractivity contribution in [2.45, 2.75) is 58.0 Å². The SMILES string of the molecule is CCC1CCC(N(C)C(C)c2cc(Cl)ccc2O)CC1. The molecular formula is C17H26ClNO. The van der Waals surface area contributed by atoms with Crippen LogP contribution in [0.25, 0.3) is 0 Å². The maximum Gasteiger partial charge on any atom is 0.120 e. The normalized spacial score (nSPS) is 24.9. The van der Waals surface area contributed by atoms with Crippen LogP contribution in [0.4, 0.5) is 0 Å². The zero-order valence-corrected chi connectivity index (χ0v) is 13.5. The van der Waals surface area contributed by atoms with Crippen molar-refractivity contribution in [3.63, 3.8) is 0 Å². The molecule has 1 atom stereocenters. The minimum atomic E-state index is 0.192. The van der Waals surface area contributed by atoms with E-state index in [2.05, 4.69) is 25.8 Å². The third-order valence-electron chi connectivity index (χ3n) is 5.02. The van der Waals surface area contributed by atoms with E-state index in [1.165, 1.54) is 32.1 Å². The van der Waals surface area contributed by atoms with Gasteiger partial charge in [0.05, 0.1) is 0 Å². The van der Waals surface area contributed by atoms with Crippen molar-refractivity contribution >= 4 is 11.6 Å². The van der Waals surface area contributed by atoms with Gasteiger partial charge in [0, 0.05) is 22.7 Å². The molecule has 2 nitrogen and oxygen atoms in total. The summed E-state index contributed by atoms with van der Waals surface area (Å²) in [6.07, 6.45) is 6.50. The van der Waals surface area contributed by atoms with Crippen LogP contribution in [0.2, 0.25) is 5.02 Å². The lowest BCUT2D eigenvalue weighted by Gasteiger charge is -2.38. The molecule has 1 aliphatic carbocycles. The Morgan fingerprint density at radius 2 is 1.95 bits per heavy atom. The van der Waals surface area contributed by atoms with E-state index in [0.717, 1.165) is 11.5 Å². The summed E-state index contributed by atoms with van der Waals surface area (Å²) in [5.41, 5.74) is 0.928. The summed E-state index contributed by atoms with van der Waals surface area (Å²) in [7, 11) is 2.17. The number of nitrogens with zero attached hydrogens (tertiary/aromatic N) is 1. The maximum atomic E-state index is 10.0. The highest BCUT2D eigenvalue weighted by molar-refractivity contribution is 6.30. The maximum absolute atomic E-state index is 10.0. The van der Waals surface area contributed by atoms with Gasteiger partial charge in [0.15, 0.2) is 0 Å². The Morgan fingerprint density at radius 3 is 2.55 bits per heavy atom. The highest BCUT2D eigenvalue weighted by Gasteiger charge is 2.27. The fraction of sp³-hybridized carbons (Fsp3) is 0.647. The zero-order valence-electron chi connectivity index (χ0n) is 12.8. The van der Waals surface area contributed by atoms with Crippen LogP contribution in [0.1, 0.15) is 57.6 Å². The second-order valence-electron chi connectivity index (χ2n) is 6.13. The van der Waals surface area contributed by atoms with Gasteiger partial charge in [0.25, 0.3) is 0 Å². The molecular weight excluding hydrogens is 270 g/mol. The molecule has 0 amide bonds. The molecule has 1 saturated carbocycles. The van der Waals surface area contributed by atoms with Crippen LogP contribution in [0, 0.1) is 5.92 Å². The molecule has 112 valence electrons. The highest BCUT2D eigenvalue weighted by atomic mass is 35.5. The predicted molar refractivity (Wildman–Crippen MR) is 85.3 cm³/mol. The summed E-state index contributed by atoms with van der Waals surface area (Å²) in [6.45, 7) is 4.44. The summed E-state index contributed by atoms with van der Waals surface area (Å²) in [4.78, 5) is 2.40. The van der Waals surface area contributed by atoms with Gasteiger partial charge in [-0.1, -0.05) is 24.9 Å². The average molecular weight is 296 g/mol. The lowest BCUT2D eigenvalue weighted by Crippen LogP contribution is -2.36. The Hall–Kier alpha value is -0.730. The fourth-order valence-corrected chi connectivity index (χ4v) is 3.54. The van der Waals surface area contributed by atoms with Gasteiger partial charge in [-0.3, -0.25) is 4.90 Å². The van der Waals surface area contributed by atoms with E-state index in [9.17, 15) is 5.11 Å². The molecule has 20 heavy (non-hydrogen) atoms. The summed E-state index contributed by atoms with van der Waals surface area (Å²) in [6, 6.07) is 6.12. The monoisotopic (exact) mass is 295 g/mol. The molecule has 1 fully saturated rings. The van der Waals surface area contributed by atoms with Gasteiger partial charge in [-0.2, -0.15) is 0 Å². The Kier molecular flexibility index (Phi) is 5.34. The van der Waals surface area contributed by atoms with Gasteiger partial charge in [-0.15, -0.1) is 0 Å². The minimum Gasteiger partial charge on any atom is -0.508 e. The number of aromatic hydroxyl groups is 1. The lowest BCUT2D eigenvalue weighted by molar-refractivity contribution is 0.125. The smallest absolute Gasteiger partial charge is 0.120 e. The summed E-state index contributed by atoms with van der Waals surface area (Å²) in [5.74, 6) is 1.26. The second kappa shape index (κ2) is 6.82. The second-order valence-corrected chi connectivity index (χ2v) is 6.56. The average Bonchev–Trinajstić information content (AvgIpc) is 2.48. The Morgan fingerprint density at radius 1 is 1.30 bits per heavy atom. The van der Waals surface area contributed by atoms with Gasteiger partial charge in [0.1, 0.15) is 5.75 Å². The molecule has 1 aromatic carbocycles. The third-order valence-corrected chi connectivity index (χ3v) is 5.26. The van der Waals surface area contributed by atoms with Crippen LogP contribution < -0.4 is 0 Å². The zero-order chi connectivity index (χ0) is 14.7. The van der Waals surface area contributed by atoms with Crippen LogP contribution in [-0.4, -0.2) is 23.1 Å². The third kappa shape index (κ3) is 3.48. The molecule has 0 saturated heterocycles. The van der Waals surface area contributed by atoms with Crippen molar-refractivity contribution < 1.29 is 5.11 Å². The Bertz CT molecular complexity index is 441. The number of rotatable bonds is 4. The molecule has 1 N–H and O–H groups in total. The Balaban J connectivity index is 2.05. The molecule has 0 bridgehead atoms. The number of benzene rings is 1. The molecule has 0 aliphatic heterocycles. The van der Waals surface area contributed by atoms with Crippen molar-refractivity contribution in [2.75, 3.05) is 7.05 Å². The van der Waals surface area contributed by atoms with Crippen LogP contribution in [0.5, 0.6) is 5.75 Å². The molecule has 0 radical (unpaired) electrons.